The number of carbonyl (C=O) groups excluding carboxylic acids is 4. The zero-order chi connectivity index (χ0) is 24.0. The summed E-state index contributed by atoms with van der Waals surface area (Å²) in [5.74, 6) is -0.504. The van der Waals surface area contributed by atoms with Crippen LogP contribution in [0, 0.1) is 0 Å². The molecule has 0 aliphatic heterocycles. The van der Waals surface area contributed by atoms with Gasteiger partial charge in [-0.1, -0.05) is 48.5 Å². The Morgan fingerprint density at radius 1 is 0.353 bits per heavy atom. The van der Waals surface area contributed by atoms with Crippen molar-refractivity contribution in [2.24, 2.45) is 0 Å². The van der Waals surface area contributed by atoms with Crippen LogP contribution in [0.5, 0.6) is 0 Å². The first kappa shape index (κ1) is 21.0. The maximum atomic E-state index is 12.2. The van der Waals surface area contributed by atoms with Gasteiger partial charge in [0.15, 0.2) is 23.1 Å². The molecule has 4 aromatic rings. The quantitative estimate of drug-likeness (QED) is 0.339. The number of hydrogen-bond donors (Lipinski definition) is 2. The van der Waals surface area contributed by atoms with Gasteiger partial charge in [0, 0.05) is 55.9 Å². The molecule has 164 valence electrons. The summed E-state index contributed by atoms with van der Waals surface area (Å²) < 4.78 is 0. The predicted octanol–water partition coefficient (Wildman–Crippen LogP) is 4.09. The summed E-state index contributed by atoms with van der Waals surface area (Å²) in [5, 5.41) is 0. The lowest BCUT2D eigenvalue weighted by molar-refractivity contribution is 0.0979. The molecule has 0 heterocycles. The van der Waals surface area contributed by atoms with E-state index in [-0.39, 0.29) is 23.1 Å². The first-order valence-corrected chi connectivity index (χ1v) is 10.5. The van der Waals surface area contributed by atoms with Crippen LogP contribution in [0.1, 0.15) is 63.7 Å². The van der Waals surface area contributed by atoms with E-state index in [2.05, 4.69) is 0 Å². The van der Waals surface area contributed by atoms with Gasteiger partial charge in [-0.2, -0.15) is 0 Å². The topological polar surface area (TPSA) is 120 Å². The fourth-order valence-electron chi connectivity index (χ4n) is 4.23. The van der Waals surface area contributed by atoms with Crippen LogP contribution < -0.4 is 11.5 Å². The van der Waals surface area contributed by atoms with Crippen LogP contribution in [0.15, 0.2) is 84.9 Å². The third kappa shape index (κ3) is 3.29. The lowest BCUT2D eigenvalue weighted by atomic mass is 9.84. The van der Waals surface area contributed by atoms with Crippen molar-refractivity contribution in [3.63, 3.8) is 0 Å². The van der Waals surface area contributed by atoms with Crippen molar-refractivity contribution in [2.75, 3.05) is 11.5 Å². The Labute approximate surface area is 194 Å². The van der Waals surface area contributed by atoms with E-state index in [1.807, 2.05) is 0 Å². The molecule has 0 aromatic heterocycles. The first-order valence-electron chi connectivity index (χ1n) is 10.5. The molecule has 0 fully saturated rings. The highest BCUT2D eigenvalue weighted by Crippen LogP contribution is 2.29. The second-order valence-corrected chi connectivity index (χ2v) is 8.02. The van der Waals surface area contributed by atoms with E-state index in [0.29, 0.717) is 55.9 Å². The van der Waals surface area contributed by atoms with Crippen molar-refractivity contribution in [1.82, 2.24) is 0 Å². The molecule has 6 nitrogen and oxygen atoms in total. The minimum atomic E-state index is -0.137. The van der Waals surface area contributed by atoms with E-state index >= 15 is 0 Å². The van der Waals surface area contributed by atoms with Crippen molar-refractivity contribution in [3.05, 3.63) is 129 Å². The van der Waals surface area contributed by atoms with Crippen LogP contribution in [0.4, 0.5) is 11.4 Å². The summed E-state index contributed by atoms with van der Waals surface area (Å²) in [6.45, 7) is 0. The number of hydrogen-bond acceptors (Lipinski definition) is 6. The van der Waals surface area contributed by atoms with Gasteiger partial charge in [0.25, 0.3) is 0 Å². The second-order valence-electron chi connectivity index (χ2n) is 8.02. The van der Waals surface area contributed by atoms with Gasteiger partial charge in [-0.3, -0.25) is 19.2 Å². The number of nitrogen functional groups attached to an aromatic ring is 2. The number of rotatable bonds is 0. The van der Waals surface area contributed by atoms with E-state index in [4.69, 9.17) is 11.5 Å². The molecule has 0 saturated carbocycles. The van der Waals surface area contributed by atoms with Gasteiger partial charge in [0.2, 0.25) is 0 Å². The molecule has 0 amide bonds. The standard InChI is InChI=1S/2C14H9NO2/c2*15-8-5-6-11-12(7-8)14(17)10-4-2-1-3-9(10)13(11)16/h2*1-7H,15H2. The Balaban J connectivity index is 0.000000142. The van der Waals surface area contributed by atoms with Crippen molar-refractivity contribution in [1.29, 1.82) is 0 Å². The molecule has 0 radical (unpaired) electrons. The maximum absolute atomic E-state index is 12.2. The van der Waals surface area contributed by atoms with Gasteiger partial charge in [0.1, 0.15) is 0 Å². The van der Waals surface area contributed by atoms with E-state index in [1.165, 1.54) is 0 Å². The predicted molar refractivity (Wildman–Crippen MR) is 128 cm³/mol. The minimum absolute atomic E-state index is 0.116. The van der Waals surface area contributed by atoms with Crippen LogP contribution in [0.3, 0.4) is 0 Å². The molecule has 4 N–H and O–H groups in total. The zero-order valence-electron chi connectivity index (χ0n) is 17.9. The van der Waals surface area contributed by atoms with E-state index in [1.54, 1.807) is 84.9 Å². The Kier molecular flexibility index (Phi) is 4.91. The van der Waals surface area contributed by atoms with Gasteiger partial charge in [0.05, 0.1) is 0 Å². The smallest absolute Gasteiger partial charge is 0.194 e. The minimum Gasteiger partial charge on any atom is -0.399 e. The van der Waals surface area contributed by atoms with E-state index < -0.39 is 0 Å². The molecule has 34 heavy (non-hydrogen) atoms. The number of fused-ring (bicyclic) bond motifs is 4. The normalized spacial score (nSPS) is 13.2. The highest BCUT2D eigenvalue weighted by atomic mass is 16.1. The van der Waals surface area contributed by atoms with Gasteiger partial charge in [-0.05, 0) is 36.4 Å². The van der Waals surface area contributed by atoms with E-state index in [0.717, 1.165) is 0 Å². The highest BCUT2D eigenvalue weighted by Gasteiger charge is 2.30. The Morgan fingerprint density at radius 2 is 0.618 bits per heavy atom. The first-order chi connectivity index (χ1) is 16.4. The highest BCUT2D eigenvalue weighted by molar-refractivity contribution is 6.29. The number of benzene rings is 4. The third-order valence-corrected chi connectivity index (χ3v) is 5.90. The maximum Gasteiger partial charge on any atom is 0.194 e. The second kappa shape index (κ2) is 7.94. The van der Waals surface area contributed by atoms with Crippen LogP contribution in [0.25, 0.3) is 0 Å². The Hall–Kier alpha value is -4.84. The fraction of sp³-hybridized carbons (Fsp3) is 0. The SMILES string of the molecule is Nc1ccc2c(c1)C(=O)c1ccccc1C2=O.Nc1ccc2c(c1)C(=O)c1ccccc1C2=O. The lowest BCUT2D eigenvalue weighted by Crippen LogP contribution is -2.20. The molecule has 4 aromatic carbocycles. The molecule has 6 heteroatoms. The van der Waals surface area contributed by atoms with Crippen molar-refractivity contribution >= 4 is 34.5 Å². The Morgan fingerprint density at radius 3 is 0.941 bits per heavy atom. The van der Waals surface area contributed by atoms with Crippen LogP contribution in [-0.2, 0) is 0 Å². The summed E-state index contributed by atoms with van der Waals surface area (Å²) in [5.41, 5.74) is 15.8. The molecule has 0 spiro atoms. The zero-order valence-corrected chi connectivity index (χ0v) is 17.9. The summed E-state index contributed by atoms with van der Waals surface area (Å²) >= 11 is 0. The number of carbonyl (C=O) groups is 4. The summed E-state index contributed by atoms with van der Waals surface area (Å²) in [4.78, 5) is 48.7. The average Bonchev–Trinajstić information content (AvgIpc) is 2.86. The molecule has 2 aliphatic carbocycles. The summed E-state index contributed by atoms with van der Waals surface area (Å²) in [6.07, 6.45) is 0. The van der Waals surface area contributed by atoms with E-state index in [9.17, 15) is 19.2 Å². The Bertz CT molecular complexity index is 1440. The molecule has 2 aliphatic rings. The molecule has 0 bridgehead atoms. The summed E-state index contributed by atoms with van der Waals surface area (Å²) in [7, 11) is 0. The van der Waals surface area contributed by atoms with Gasteiger partial charge in [-0.25, -0.2) is 0 Å². The van der Waals surface area contributed by atoms with Crippen molar-refractivity contribution in [2.45, 2.75) is 0 Å². The lowest BCUT2D eigenvalue weighted by Gasteiger charge is -2.17. The average molecular weight is 446 g/mol. The van der Waals surface area contributed by atoms with Crippen LogP contribution >= 0.6 is 0 Å². The van der Waals surface area contributed by atoms with Crippen LogP contribution in [0.2, 0.25) is 0 Å². The molecular formula is C28H18N2O4. The van der Waals surface area contributed by atoms with Gasteiger partial charge < -0.3 is 11.5 Å². The third-order valence-electron chi connectivity index (χ3n) is 5.90. The molecule has 6 rings (SSSR count). The molecule has 0 unspecified atom stereocenters. The van der Waals surface area contributed by atoms with Gasteiger partial charge in [-0.15, -0.1) is 0 Å². The monoisotopic (exact) mass is 446 g/mol. The number of ketones is 4. The summed E-state index contributed by atoms with van der Waals surface area (Å²) in [6, 6.07) is 23.3. The van der Waals surface area contributed by atoms with Crippen LogP contribution in [-0.4, -0.2) is 23.1 Å². The fourth-order valence-corrected chi connectivity index (χ4v) is 4.23. The largest absolute Gasteiger partial charge is 0.399 e. The number of nitrogens with two attached hydrogens (primary N) is 2. The molecule has 0 atom stereocenters. The molecular weight excluding hydrogens is 428 g/mol. The molecule has 0 saturated heterocycles. The number of anilines is 2. The van der Waals surface area contributed by atoms with Crippen molar-refractivity contribution in [3.8, 4) is 0 Å². The van der Waals surface area contributed by atoms with Crippen molar-refractivity contribution < 1.29 is 19.2 Å². The van der Waals surface area contributed by atoms with Gasteiger partial charge >= 0.3 is 0 Å².